The van der Waals surface area contributed by atoms with Crippen molar-refractivity contribution in [1.29, 1.82) is 0 Å². The normalized spacial score (nSPS) is 12.4. The Balaban J connectivity index is 1.62. The van der Waals surface area contributed by atoms with Crippen LogP contribution in [0.2, 0.25) is 0 Å². The van der Waals surface area contributed by atoms with Crippen LogP contribution in [0.15, 0.2) is 30.3 Å². The highest BCUT2D eigenvalue weighted by Gasteiger charge is 2.23. The number of rotatable bonds is 9. The van der Waals surface area contributed by atoms with E-state index < -0.39 is 6.04 Å². The van der Waals surface area contributed by atoms with E-state index in [2.05, 4.69) is 35.5 Å². The van der Waals surface area contributed by atoms with Crippen molar-refractivity contribution in [2.75, 3.05) is 31.9 Å². The van der Waals surface area contributed by atoms with Gasteiger partial charge in [-0.05, 0) is 57.3 Å². The molecular weight excluding hydrogens is 444 g/mol. The molecule has 2 amide bonds. The number of benzene rings is 1. The van der Waals surface area contributed by atoms with Gasteiger partial charge in [-0.25, -0.2) is 9.97 Å². The van der Waals surface area contributed by atoms with Gasteiger partial charge in [0.2, 0.25) is 5.91 Å². The number of nitrogens with one attached hydrogen (secondary N) is 4. The highest BCUT2D eigenvalue weighted by atomic mass is 16.2. The van der Waals surface area contributed by atoms with E-state index in [0.717, 1.165) is 46.6 Å². The molecule has 0 radical (unpaired) electrons. The van der Waals surface area contributed by atoms with Crippen LogP contribution in [0.3, 0.4) is 0 Å². The highest BCUT2D eigenvalue weighted by molar-refractivity contribution is 6.02. The SMILES string of the molecule is CCNC(=O)C(CN(CC)CC)NC(=O)c1ccc2[nH]c(-c3cc(N)nc4[nH]c(C)nc34)cc2c1. The van der Waals surface area contributed by atoms with Crippen LogP contribution < -0.4 is 16.4 Å². The van der Waals surface area contributed by atoms with E-state index in [-0.39, 0.29) is 11.8 Å². The maximum absolute atomic E-state index is 13.1. The van der Waals surface area contributed by atoms with Crippen LogP contribution >= 0.6 is 0 Å². The lowest BCUT2D eigenvalue weighted by Crippen LogP contribution is -2.52. The number of H-pyrrole nitrogens is 2. The van der Waals surface area contributed by atoms with Crippen molar-refractivity contribution < 1.29 is 9.59 Å². The molecule has 0 aliphatic heterocycles. The minimum Gasteiger partial charge on any atom is -0.384 e. The predicted octanol–water partition coefficient (Wildman–Crippen LogP) is 2.57. The summed E-state index contributed by atoms with van der Waals surface area (Å²) in [5.74, 6) is 0.656. The summed E-state index contributed by atoms with van der Waals surface area (Å²) >= 11 is 0. The second-order valence-corrected chi connectivity index (χ2v) is 8.51. The van der Waals surface area contributed by atoms with Gasteiger partial charge in [-0.3, -0.25) is 9.59 Å². The quantitative estimate of drug-likeness (QED) is 0.251. The number of nitrogen functional groups attached to an aromatic ring is 1. The fourth-order valence-electron chi connectivity index (χ4n) is 4.22. The van der Waals surface area contributed by atoms with Crippen LogP contribution in [0.4, 0.5) is 5.82 Å². The molecule has 3 aromatic heterocycles. The fraction of sp³-hybridized carbons (Fsp3) is 0.360. The molecule has 0 aliphatic rings. The van der Waals surface area contributed by atoms with Gasteiger partial charge in [-0.2, -0.15) is 0 Å². The molecule has 0 bridgehead atoms. The summed E-state index contributed by atoms with van der Waals surface area (Å²) in [5.41, 5.74) is 10.4. The van der Waals surface area contributed by atoms with Crippen molar-refractivity contribution in [3.05, 3.63) is 41.7 Å². The molecule has 0 saturated carbocycles. The Hall–Kier alpha value is -3.92. The van der Waals surface area contributed by atoms with Gasteiger partial charge in [-0.1, -0.05) is 13.8 Å². The number of likely N-dealkylation sites (N-methyl/N-ethyl adjacent to an activating group) is 2. The number of imidazole rings is 1. The lowest BCUT2D eigenvalue weighted by molar-refractivity contribution is -0.123. The number of carbonyl (C=O) groups excluding carboxylic acids is 2. The van der Waals surface area contributed by atoms with Gasteiger partial charge in [0.25, 0.3) is 5.91 Å². The maximum Gasteiger partial charge on any atom is 0.251 e. The van der Waals surface area contributed by atoms with E-state index in [9.17, 15) is 9.59 Å². The Kier molecular flexibility index (Phi) is 7.02. The zero-order valence-electron chi connectivity index (χ0n) is 20.5. The Morgan fingerprint density at radius 3 is 2.57 bits per heavy atom. The smallest absolute Gasteiger partial charge is 0.251 e. The van der Waals surface area contributed by atoms with Crippen molar-refractivity contribution in [1.82, 2.24) is 35.5 Å². The number of aromatic amines is 2. The second kappa shape index (κ2) is 10.1. The lowest BCUT2D eigenvalue weighted by atomic mass is 10.1. The molecule has 4 aromatic rings. The number of fused-ring (bicyclic) bond motifs is 2. The molecular formula is C25H32N8O2. The third-order valence-electron chi connectivity index (χ3n) is 6.07. The summed E-state index contributed by atoms with van der Waals surface area (Å²) in [6.45, 7) is 10.3. The first kappa shape index (κ1) is 24.2. The minimum absolute atomic E-state index is 0.189. The summed E-state index contributed by atoms with van der Waals surface area (Å²) < 4.78 is 0. The molecule has 35 heavy (non-hydrogen) atoms. The molecule has 1 atom stereocenters. The Labute approximate surface area is 203 Å². The molecule has 1 unspecified atom stereocenters. The largest absolute Gasteiger partial charge is 0.384 e. The van der Waals surface area contributed by atoms with E-state index in [4.69, 9.17) is 5.73 Å². The maximum atomic E-state index is 13.1. The number of anilines is 1. The van der Waals surface area contributed by atoms with Crippen molar-refractivity contribution >= 4 is 39.7 Å². The Morgan fingerprint density at radius 2 is 1.86 bits per heavy atom. The summed E-state index contributed by atoms with van der Waals surface area (Å²) in [5, 5.41) is 6.59. The van der Waals surface area contributed by atoms with Crippen LogP contribution in [0.5, 0.6) is 0 Å². The highest BCUT2D eigenvalue weighted by Crippen LogP contribution is 2.30. The van der Waals surface area contributed by atoms with E-state index in [1.165, 1.54) is 0 Å². The molecule has 4 rings (SSSR count). The number of hydrogen-bond donors (Lipinski definition) is 5. The predicted molar refractivity (Wildman–Crippen MR) is 138 cm³/mol. The van der Waals surface area contributed by atoms with E-state index in [1.807, 2.05) is 45.9 Å². The number of aryl methyl sites for hydroxylation is 1. The summed E-state index contributed by atoms with van der Waals surface area (Å²) in [7, 11) is 0. The average Bonchev–Trinajstić information content (AvgIpc) is 3.43. The third-order valence-corrected chi connectivity index (χ3v) is 6.07. The van der Waals surface area contributed by atoms with Crippen LogP contribution in [-0.2, 0) is 4.79 Å². The number of carbonyl (C=O) groups is 2. The second-order valence-electron chi connectivity index (χ2n) is 8.51. The topological polar surface area (TPSA) is 145 Å². The molecule has 3 heterocycles. The molecule has 10 heteroatoms. The monoisotopic (exact) mass is 476 g/mol. The molecule has 10 nitrogen and oxygen atoms in total. The van der Waals surface area contributed by atoms with Crippen molar-refractivity contribution in [2.45, 2.75) is 33.7 Å². The molecule has 0 aliphatic carbocycles. The van der Waals surface area contributed by atoms with E-state index in [0.29, 0.717) is 30.1 Å². The zero-order valence-corrected chi connectivity index (χ0v) is 20.5. The van der Waals surface area contributed by atoms with Crippen LogP contribution in [-0.4, -0.2) is 68.9 Å². The van der Waals surface area contributed by atoms with E-state index in [1.54, 1.807) is 12.1 Å². The standard InChI is InChI=1S/C25H32N8O2/c1-5-27-25(35)20(13-33(6-2)7-3)31-24(34)15-8-9-18-16(10-15)11-19(30-18)17-12-21(26)32-23-22(17)28-14(4)29-23/h8-12,20,30H,5-7,13H2,1-4H3,(H,27,35)(H,31,34)(H3,26,28,29,32). The molecule has 1 aromatic carbocycles. The number of nitrogens with two attached hydrogens (primary N) is 1. The average molecular weight is 477 g/mol. The van der Waals surface area contributed by atoms with Crippen LogP contribution in [0.25, 0.3) is 33.3 Å². The van der Waals surface area contributed by atoms with Gasteiger partial charge >= 0.3 is 0 Å². The van der Waals surface area contributed by atoms with Crippen molar-refractivity contribution in [3.8, 4) is 11.3 Å². The van der Waals surface area contributed by atoms with Gasteiger partial charge in [0, 0.05) is 40.8 Å². The number of amides is 2. The summed E-state index contributed by atoms with van der Waals surface area (Å²) in [4.78, 5) is 43.2. The Bertz CT molecular complexity index is 1370. The first-order valence-corrected chi connectivity index (χ1v) is 11.9. The minimum atomic E-state index is -0.643. The van der Waals surface area contributed by atoms with Gasteiger partial charge in [-0.15, -0.1) is 0 Å². The van der Waals surface area contributed by atoms with Gasteiger partial charge in [0.05, 0.1) is 0 Å². The molecule has 0 saturated heterocycles. The molecule has 0 fully saturated rings. The number of pyridine rings is 1. The summed E-state index contributed by atoms with van der Waals surface area (Å²) in [6, 6.07) is 8.52. The fourth-order valence-corrected chi connectivity index (χ4v) is 4.22. The van der Waals surface area contributed by atoms with Crippen molar-refractivity contribution in [3.63, 3.8) is 0 Å². The van der Waals surface area contributed by atoms with Crippen molar-refractivity contribution in [2.24, 2.45) is 0 Å². The van der Waals surface area contributed by atoms with Crippen LogP contribution in [0.1, 0.15) is 37.0 Å². The van der Waals surface area contributed by atoms with Crippen LogP contribution in [0, 0.1) is 6.92 Å². The van der Waals surface area contributed by atoms with Gasteiger partial charge in [0.15, 0.2) is 5.65 Å². The molecule has 0 spiro atoms. The number of hydrogen-bond acceptors (Lipinski definition) is 6. The Morgan fingerprint density at radius 1 is 1.09 bits per heavy atom. The van der Waals surface area contributed by atoms with Gasteiger partial charge in [0.1, 0.15) is 23.2 Å². The number of aromatic nitrogens is 4. The number of nitrogens with zero attached hydrogens (tertiary/aromatic N) is 3. The first-order chi connectivity index (χ1) is 16.8. The summed E-state index contributed by atoms with van der Waals surface area (Å²) in [6.07, 6.45) is 0. The van der Waals surface area contributed by atoms with E-state index >= 15 is 0 Å². The third kappa shape index (κ3) is 5.12. The first-order valence-electron chi connectivity index (χ1n) is 11.9. The van der Waals surface area contributed by atoms with Gasteiger partial charge < -0.3 is 31.2 Å². The molecule has 6 N–H and O–H groups in total. The lowest BCUT2D eigenvalue weighted by Gasteiger charge is -2.25. The zero-order chi connectivity index (χ0) is 25.1. The molecule has 184 valence electrons.